The number of thioether (sulfide) groups is 1. The van der Waals surface area contributed by atoms with Gasteiger partial charge in [-0.2, -0.15) is 0 Å². The molecule has 1 aromatic carbocycles. The lowest BCUT2D eigenvalue weighted by molar-refractivity contribution is 0.179. The van der Waals surface area contributed by atoms with E-state index in [0.717, 1.165) is 0 Å². The van der Waals surface area contributed by atoms with Gasteiger partial charge in [0.25, 0.3) is 0 Å². The van der Waals surface area contributed by atoms with E-state index in [0.29, 0.717) is 6.10 Å². The van der Waals surface area contributed by atoms with E-state index in [1.54, 1.807) is 0 Å². The van der Waals surface area contributed by atoms with Crippen molar-refractivity contribution >= 4 is 20.1 Å². The average Bonchev–Trinajstić information content (AvgIpc) is 2.63. The lowest BCUT2D eigenvalue weighted by atomic mass is 10.1. The molecule has 0 saturated heterocycles. The van der Waals surface area contributed by atoms with Crippen molar-refractivity contribution in [2.24, 2.45) is 0 Å². The highest BCUT2D eigenvalue weighted by molar-refractivity contribution is 7.99. The number of fused-ring (bicyclic) bond motifs is 1. The van der Waals surface area contributed by atoms with Gasteiger partial charge in [-0.25, -0.2) is 0 Å². The van der Waals surface area contributed by atoms with E-state index in [4.69, 9.17) is 4.43 Å². The highest BCUT2D eigenvalue weighted by atomic mass is 32.2. The SMILES string of the molecule is CCCC[Si](CCCC)(CCCC)O[C@H]1CCSc2ccccc21. The minimum Gasteiger partial charge on any atom is -0.410 e. The van der Waals surface area contributed by atoms with Gasteiger partial charge >= 0.3 is 0 Å². The quantitative estimate of drug-likeness (QED) is 0.374. The van der Waals surface area contributed by atoms with Crippen LogP contribution in [0.25, 0.3) is 0 Å². The summed E-state index contributed by atoms with van der Waals surface area (Å²) in [5.74, 6) is 1.21. The van der Waals surface area contributed by atoms with Crippen LogP contribution in [0.2, 0.25) is 18.1 Å². The fourth-order valence-corrected chi connectivity index (χ4v) is 9.82. The molecule has 136 valence electrons. The molecule has 0 unspecified atom stereocenters. The van der Waals surface area contributed by atoms with Crippen molar-refractivity contribution in [3.63, 3.8) is 0 Å². The fraction of sp³-hybridized carbons (Fsp3) is 0.714. The number of benzene rings is 1. The number of unbranched alkanes of at least 4 members (excludes halogenated alkanes) is 3. The van der Waals surface area contributed by atoms with Crippen molar-refractivity contribution in [2.45, 2.75) is 94.8 Å². The van der Waals surface area contributed by atoms with Gasteiger partial charge in [0.05, 0.1) is 6.10 Å². The summed E-state index contributed by atoms with van der Waals surface area (Å²) in [5, 5.41) is 0. The molecule has 1 heterocycles. The van der Waals surface area contributed by atoms with Gasteiger partial charge < -0.3 is 4.43 Å². The zero-order chi connectivity index (χ0) is 17.3. The van der Waals surface area contributed by atoms with Crippen molar-refractivity contribution in [2.75, 3.05) is 5.75 Å². The molecule has 1 aliphatic heterocycles. The van der Waals surface area contributed by atoms with Gasteiger partial charge in [-0.1, -0.05) is 77.5 Å². The zero-order valence-corrected chi connectivity index (χ0v) is 17.8. The summed E-state index contributed by atoms with van der Waals surface area (Å²) in [6, 6.07) is 13.1. The molecule has 3 heteroatoms. The van der Waals surface area contributed by atoms with Crippen LogP contribution in [-0.2, 0) is 4.43 Å². The molecule has 0 fully saturated rings. The third-order valence-electron chi connectivity index (χ3n) is 5.25. The molecule has 2 rings (SSSR count). The number of hydrogen-bond donors (Lipinski definition) is 0. The molecule has 1 aromatic rings. The molecule has 0 N–H and O–H groups in total. The summed E-state index contributed by atoms with van der Waals surface area (Å²) in [5.41, 5.74) is 1.47. The molecule has 1 nitrogen and oxygen atoms in total. The Hall–Kier alpha value is -0.253. The molecule has 1 atom stereocenters. The fourth-order valence-electron chi connectivity index (χ4n) is 3.78. The largest absolute Gasteiger partial charge is 0.410 e. The van der Waals surface area contributed by atoms with Gasteiger partial charge in [0.1, 0.15) is 0 Å². The van der Waals surface area contributed by atoms with Crippen LogP contribution in [0.1, 0.15) is 77.4 Å². The second-order valence-corrected chi connectivity index (χ2v) is 12.5. The average molecular weight is 365 g/mol. The van der Waals surface area contributed by atoms with Crippen LogP contribution in [0.4, 0.5) is 0 Å². The maximum atomic E-state index is 7.14. The minimum atomic E-state index is -1.62. The summed E-state index contributed by atoms with van der Waals surface area (Å²) in [6.07, 6.45) is 9.50. The predicted octanol–water partition coefficient (Wildman–Crippen LogP) is 7.59. The topological polar surface area (TPSA) is 9.23 Å². The predicted molar refractivity (Wildman–Crippen MR) is 111 cm³/mol. The zero-order valence-electron chi connectivity index (χ0n) is 16.0. The normalized spacial score (nSPS) is 17.7. The Balaban J connectivity index is 2.19. The minimum absolute atomic E-state index is 0.361. The van der Waals surface area contributed by atoms with Gasteiger partial charge in [0.15, 0.2) is 8.32 Å². The van der Waals surface area contributed by atoms with Crippen molar-refractivity contribution in [1.82, 2.24) is 0 Å². The first-order valence-corrected chi connectivity index (χ1v) is 13.7. The van der Waals surface area contributed by atoms with Gasteiger partial charge in [-0.05, 0) is 36.2 Å². The van der Waals surface area contributed by atoms with E-state index in [1.807, 2.05) is 11.8 Å². The second-order valence-electron chi connectivity index (χ2n) is 7.28. The van der Waals surface area contributed by atoms with Crippen molar-refractivity contribution in [3.05, 3.63) is 29.8 Å². The van der Waals surface area contributed by atoms with Crippen LogP contribution in [0, 0.1) is 0 Å². The van der Waals surface area contributed by atoms with Gasteiger partial charge in [-0.15, -0.1) is 11.8 Å². The van der Waals surface area contributed by atoms with Crippen molar-refractivity contribution < 1.29 is 4.43 Å². The molecule has 0 saturated carbocycles. The van der Waals surface area contributed by atoms with Crippen LogP contribution >= 0.6 is 11.8 Å². The van der Waals surface area contributed by atoms with E-state index in [2.05, 4.69) is 45.0 Å². The van der Waals surface area contributed by atoms with E-state index < -0.39 is 8.32 Å². The Kier molecular flexibility index (Phi) is 8.92. The van der Waals surface area contributed by atoms with Crippen LogP contribution < -0.4 is 0 Å². The van der Waals surface area contributed by atoms with Crippen LogP contribution in [0.5, 0.6) is 0 Å². The highest BCUT2D eigenvalue weighted by Gasteiger charge is 2.37. The smallest absolute Gasteiger partial charge is 0.193 e. The molecule has 0 aromatic heterocycles. The third-order valence-corrected chi connectivity index (χ3v) is 11.0. The Labute approximate surface area is 155 Å². The van der Waals surface area contributed by atoms with Crippen molar-refractivity contribution in [1.29, 1.82) is 0 Å². The molecule has 24 heavy (non-hydrogen) atoms. The molecule has 1 aliphatic rings. The molecular formula is C21H36OSSi. The summed E-state index contributed by atoms with van der Waals surface area (Å²) in [4.78, 5) is 1.46. The molecular weight excluding hydrogens is 328 g/mol. The van der Waals surface area contributed by atoms with E-state index in [-0.39, 0.29) is 0 Å². The maximum Gasteiger partial charge on any atom is 0.193 e. The van der Waals surface area contributed by atoms with Gasteiger partial charge in [0, 0.05) is 10.6 Å². The summed E-state index contributed by atoms with van der Waals surface area (Å²) < 4.78 is 7.14. The third kappa shape index (κ3) is 5.64. The lowest BCUT2D eigenvalue weighted by Crippen LogP contribution is -2.40. The van der Waals surface area contributed by atoms with Gasteiger partial charge in [-0.3, -0.25) is 0 Å². The second kappa shape index (κ2) is 10.7. The van der Waals surface area contributed by atoms with E-state index >= 15 is 0 Å². The molecule has 0 radical (unpaired) electrons. The van der Waals surface area contributed by atoms with Gasteiger partial charge in [0.2, 0.25) is 0 Å². The lowest BCUT2D eigenvalue weighted by Gasteiger charge is -2.38. The summed E-state index contributed by atoms with van der Waals surface area (Å²) in [7, 11) is -1.62. The number of hydrogen-bond acceptors (Lipinski definition) is 2. The monoisotopic (exact) mass is 364 g/mol. The standard InChI is InChI=1S/C21H36OSSi/c1-4-7-16-24(17-8-5-2,18-9-6-3)22-20-14-15-23-21-13-11-10-12-19(20)21/h10-13,20H,4-9,14-18H2,1-3H3/t20-/m0/s1. The van der Waals surface area contributed by atoms with E-state index in [1.165, 1.54) is 79.3 Å². The first-order chi connectivity index (χ1) is 11.7. The van der Waals surface area contributed by atoms with Crippen molar-refractivity contribution in [3.8, 4) is 0 Å². The maximum absolute atomic E-state index is 7.14. The molecule has 0 bridgehead atoms. The highest BCUT2D eigenvalue weighted by Crippen LogP contribution is 2.42. The Morgan fingerprint density at radius 1 is 0.958 bits per heavy atom. The van der Waals surface area contributed by atoms with E-state index in [9.17, 15) is 0 Å². The Bertz CT molecular complexity index is 455. The molecule has 0 aliphatic carbocycles. The first-order valence-electron chi connectivity index (χ1n) is 10.1. The molecule has 0 spiro atoms. The first kappa shape index (κ1) is 20.1. The molecule has 0 amide bonds. The number of rotatable bonds is 11. The van der Waals surface area contributed by atoms with Crippen LogP contribution in [0.15, 0.2) is 29.2 Å². The Morgan fingerprint density at radius 2 is 1.54 bits per heavy atom. The summed E-state index contributed by atoms with van der Waals surface area (Å²) in [6.45, 7) is 6.97. The Morgan fingerprint density at radius 3 is 2.12 bits per heavy atom. The van der Waals surface area contributed by atoms with Crippen LogP contribution in [0.3, 0.4) is 0 Å². The summed E-state index contributed by atoms with van der Waals surface area (Å²) >= 11 is 2.01. The van der Waals surface area contributed by atoms with Crippen LogP contribution in [-0.4, -0.2) is 14.1 Å².